The van der Waals surface area contributed by atoms with Crippen molar-refractivity contribution in [2.24, 2.45) is 5.92 Å². The highest BCUT2D eigenvalue weighted by molar-refractivity contribution is 7.12. The molecular formula is C13H20ClNOS. The number of aryl methyl sites for hydroxylation is 1. The van der Waals surface area contributed by atoms with Crippen molar-refractivity contribution in [3.8, 4) is 0 Å². The first-order chi connectivity index (χ1) is 8.10. The number of hydrogen-bond donors (Lipinski definition) is 1. The minimum atomic E-state index is 0.0423. The van der Waals surface area contributed by atoms with Gasteiger partial charge >= 0.3 is 0 Å². The molecule has 0 radical (unpaired) electrons. The van der Waals surface area contributed by atoms with Gasteiger partial charge in [-0.05, 0) is 35.8 Å². The molecule has 0 fully saturated rings. The largest absolute Gasteiger partial charge is 0.348 e. The standard InChI is InChI=1S/C13H20ClNOS/c1-4-10-6-8-17-12(10)13(16)15-11(5-7-14)9(2)3/h6,8-9,11H,4-5,7H2,1-3H3,(H,15,16). The maximum absolute atomic E-state index is 12.1. The van der Waals surface area contributed by atoms with Crippen LogP contribution in [-0.2, 0) is 6.42 Å². The van der Waals surface area contributed by atoms with Crippen LogP contribution in [0.25, 0.3) is 0 Å². The predicted molar refractivity (Wildman–Crippen MR) is 75.1 cm³/mol. The lowest BCUT2D eigenvalue weighted by Crippen LogP contribution is -2.38. The van der Waals surface area contributed by atoms with E-state index in [9.17, 15) is 4.79 Å². The van der Waals surface area contributed by atoms with Gasteiger partial charge in [-0.1, -0.05) is 20.8 Å². The first-order valence-corrected chi connectivity index (χ1v) is 7.44. The second-order valence-corrected chi connectivity index (χ2v) is 5.72. The van der Waals surface area contributed by atoms with Crippen molar-refractivity contribution in [3.05, 3.63) is 21.9 Å². The summed E-state index contributed by atoms with van der Waals surface area (Å²) in [6, 6.07) is 2.18. The van der Waals surface area contributed by atoms with Crippen LogP contribution in [0.15, 0.2) is 11.4 Å². The van der Waals surface area contributed by atoms with Crippen molar-refractivity contribution in [1.29, 1.82) is 0 Å². The van der Waals surface area contributed by atoms with Crippen molar-refractivity contribution in [2.45, 2.75) is 39.7 Å². The molecule has 1 amide bonds. The van der Waals surface area contributed by atoms with Gasteiger partial charge < -0.3 is 5.32 Å². The van der Waals surface area contributed by atoms with Gasteiger partial charge in [0.1, 0.15) is 0 Å². The highest BCUT2D eigenvalue weighted by Crippen LogP contribution is 2.18. The number of alkyl halides is 1. The summed E-state index contributed by atoms with van der Waals surface area (Å²) in [5.41, 5.74) is 1.13. The topological polar surface area (TPSA) is 29.1 Å². The van der Waals surface area contributed by atoms with Gasteiger partial charge in [0.15, 0.2) is 0 Å². The summed E-state index contributed by atoms with van der Waals surface area (Å²) >= 11 is 7.27. The lowest BCUT2D eigenvalue weighted by Gasteiger charge is -2.21. The molecule has 1 aromatic rings. The third-order valence-corrected chi connectivity index (χ3v) is 4.05. The van der Waals surface area contributed by atoms with E-state index in [4.69, 9.17) is 11.6 Å². The van der Waals surface area contributed by atoms with E-state index in [1.807, 2.05) is 11.4 Å². The van der Waals surface area contributed by atoms with Gasteiger partial charge in [0.2, 0.25) is 0 Å². The van der Waals surface area contributed by atoms with Crippen molar-refractivity contribution in [1.82, 2.24) is 5.32 Å². The van der Waals surface area contributed by atoms with Crippen LogP contribution in [0, 0.1) is 5.92 Å². The number of nitrogens with one attached hydrogen (secondary N) is 1. The summed E-state index contributed by atoms with van der Waals surface area (Å²) in [5, 5.41) is 5.05. The van der Waals surface area contributed by atoms with Crippen LogP contribution in [-0.4, -0.2) is 17.8 Å². The number of amides is 1. The maximum atomic E-state index is 12.1. The average molecular weight is 274 g/mol. The first kappa shape index (κ1) is 14.5. The van der Waals surface area contributed by atoms with Crippen molar-refractivity contribution in [3.63, 3.8) is 0 Å². The van der Waals surface area contributed by atoms with Crippen molar-refractivity contribution >= 4 is 28.8 Å². The molecule has 2 nitrogen and oxygen atoms in total. The smallest absolute Gasteiger partial charge is 0.261 e. The molecular weight excluding hydrogens is 254 g/mol. The number of halogens is 1. The van der Waals surface area contributed by atoms with Crippen LogP contribution in [0.5, 0.6) is 0 Å². The Bertz CT molecular complexity index is 362. The molecule has 0 spiro atoms. The van der Waals surface area contributed by atoms with E-state index in [1.54, 1.807) is 0 Å². The fraction of sp³-hybridized carbons (Fsp3) is 0.615. The van der Waals surface area contributed by atoms with E-state index in [0.717, 1.165) is 23.3 Å². The van der Waals surface area contributed by atoms with Gasteiger partial charge in [0.25, 0.3) is 5.91 Å². The zero-order valence-electron chi connectivity index (χ0n) is 10.6. The SMILES string of the molecule is CCc1ccsc1C(=O)NC(CCCl)C(C)C. The molecule has 4 heteroatoms. The van der Waals surface area contributed by atoms with Crippen LogP contribution in [0.2, 0.25) is 0 Å². The van der Waals surface area contributed by atoms with Gasteiger partial charge in [-0.2, -0.15) is 0 Å². The normalized spacial score (nSPS) is 12.8. The minimum Gasteiger partial charge on any atom is -0.348 e. The molecule has 1 unspecified atom stereocenters. The fourth-order valence-electron chi connectivity index (χ4n) is 1.74. The fourth-order valence-corrected chi connectivity index (χ4v) is 2.87. The van der Waals surface area contributed by atoms with Crippen LogP contribution in [0.1, 0.15) is 42.4 Å². The molecule has 96 valence electrons. The van der Waals surface area contributed by atoms with Crippen LogP contribution < -0.4 is 5.32 Å². The van der Waals surface area contributed by atoms with E-state index in [0.29, 0.717) is 11.8 Å². The van der Waals surface area contributed by atoms with Gasteiger partial charge in [0.05, 0.1) is 4.88 Å². The monoisotopic (exact) mass is 273 g/mol. The second kappa shape index (κ2) is 7.02. The minimum absolute atomic E-state index is 0.0423. The van der Waals surface area contributed by atoms with Crippen LogP contribution >= 0.6 is 22.9 Å². The zero-order chi connectivity index (χ0) is 12.8. The summed E-state index contributed by atoms with van der Waals surface area (Å²) in [6.07, 6.45) is 1.71. The lowest BCUT2D eigenvalue weighted by atomic mass is 10.0. The Balaban J connectivity index is 2.70. The molecule has 1 aromatic heterocycles. The highest BCUT2D eigenvalue weighted by Gasteiger charge is 2.18. The van der Waals surface area contributed by atoms with E-state index in [-0.39, 0.29) is 11.9 Å². The summed E-state index contributed by atoms with van der Waals surface area (Å²) in [5.74, 6) is 1.03. The molecule has 0 aliphatic carbocycles. The highest BCUT2D eigenvalue weighted by atomic mass is 35.5. The third-order valence-electron chi connectivity index (χ3n) is 2.88. The number of carbonyl (C=O) groups excluding carboxylic acids is 1. The summed E-state index contributed by atoms with van der Waals surface area (Å²) in [4.78, 5) is 13.0. The number of carbonyl (C=O) groups is 1. The summed E-state index contributed by atoms with van der Waals surface area (Å²) in [7, 11) is 0. The van der Waals surface area contributed by atoms with E-state index in [2.05, 4.69) is 26.1 Å². The molecule has 0 aliphatic rings. The van der Waals surface area contributed by atoms with Gasteiger partial charge in [-0.15, -0.1) is 22.9 Å². The number of hydrogen-bond acceptors (Lipinski definition) is 2. The molecule has 0 aliphatic heterocycles. The number of thiophene rings is 1. The van der Waals surface area contributed by atoms with Gasteiger partial charge in [-0.25, -0.2) is 0 Å². The first-order valence-electron chi connectivity index (χ1n) is 6.03. The average Bonchev–Trinajstić information content (AvgIpc) is 2.76. The molecule has 0 saturated heterocycles. The predicted octanol–water partition coefficient (Wildman–Crippen LogP) is 3.69. The van der Waals surface area contributed by atoms with Gasteiger partial charge in [-0.3, -0.25) is 4.79 Å². The Labute approximate surface area is 112 Å². The molecule has 17 heavy (non-hydrogen) atoms. The Morgan fingerprint density at radius 2 is 2.24 bits per heavy atom. The Hall–Kier alpha value is -0.540. The molecule has 1 N–H and O–H groups in total. The Morgan fingerprint density at radius 3 is 2.76 bits per heavy atom. The molecule has 0 bridgehead atoms. The van der Waals surface area contributed by atoms with Crippen molar-refractivity contribution < 1.29 is 4.79 Å². The summed E-state index contributed by atoms with van der Waals surface area (Å²) < 4.78 is 0. The summed E-state index contributed by atoms with van der Waals surface area (Å²) in [6.45, 7) is 6.27. The van der Waals surface area contributed by atoms with Gasteiger partial charge in [0, 0.05) is 11.9 Å². The molecule has 0 aromatic carbocycles. The van der Waals surface area contributed by atoms with E-state index >= 15 is 0 Å². The second-order valence-electron chi connectivity index (χ2n) is 4.43. The zero-order valence-corrected chi connectivity index (χ0v) is 12.2. The molecule has 1 heterocycles. The molecule has 0 saturated carbocycles. The van der Waals surface area contributed by atoms with Crippen molar-refractivity contribution in [2.75, 3.05) is 5.88 Å². The van der Waals surface area contributed by atoms with Crippen LogP contribution in [0.3, 0.4) is 0 Å². The molecule has 1 atom stereocenters. The lowest BCUT2D eigenvalue weighted by molar-refractivity contribution is 0.0928. The van der Waals surface area contributed by atoms with E-state index in [1.165, 1.54) is 11.3 Å². The molecule has 1 rings (SSSR count). The maximum Gasteiger partial charge on any atom is 0.261 e. The third kappa shape index (κ3) is 4.00. The van der Waals surface area contributed by atoms with E-state index < -0.39 is 0 Å². The number of rotatable bonds is 6. The quantitative estimate of drug-likeness (QED) is 0.787. The van der Waals surface area contributed by atoms with Crippen LogP contribution in [0.4, 0.5) is 0 Å². The Kier molecular flexibility index (Phi) is 6.00. The Morgan fingerprint density at radius 1 is 1.53 bits per heavy atom.